The number of nitrogens with zero attached hydrogens (tertiary/aromatic N) is 3. The van der Waals surface area contributed by atoms with Crippen molar-refractivity contribution in [3.8, 4) is 0 Å². The van der Waals surface area contributed by atoms with Crippen molar-refractivity contribution in [1.29, 1.82) is 0 Å². The first kappa shape index (κ1) is 14.3. The van der Waals surface area contributed by atoms with Crippen LogP contribution in [0.25, 0.3) is 0 Å². The quantitative estimate of drug-likeness (QED) is 0.645. The number of nitrogens with two attached hydrogens (primary N) is 1. The minimum Gasteiger partial charge on any atom is -0.377 e. The molecule has 0 saturated heterocycles. The molecule has 0 fully saturated rings. The third kappa shape index (κ3) is 3.86. The van der Waals surface area contributed by atoms with E-state index < -0.39 is 8.80 Å². The predicted molar refractivity (Wildman–Crippen MR) is 67.9 cm³/mol. The number of aliphatic imine (C=N–C) groups is 2. The largest absolute Gasteiger partial charge is 0.500 e. The Morgan fingerprint density at radius 2 is 1.94 bits per heavy atom. The fourth-order valence-electron chi connectivity index (χ4n) is 1.60. The molecule has 0 bridgehead atoms. The van der Waals surface area contributed by atoms with Crippen molar-refractivity contribution >= 4 is 21.5 Å². The third-order valence-corrected chi connectivity index (χ3v) is 5.51. The molecule has 0 aromatic carbocycles. The van der Waals surface area contributed by atoms with E-state index in [1.807, 2.05) is 4.90 Å². The molecule has 2 N–H and O–H groups in total. The Bertz CT molecular complexity index is 275. The SMILES string of the molecule is CO[Si](CCCN1C=NC=NC1N)(OC)OC. The summed E-state index contributed by atoms with van der Waals surface area (Å²) in [6.45, 7) is 0.743. The van der Waals surface area contributed by atoms with Crippen LogP contribution in [0.5, 0.6) is 0 Å². The normalized spacial score (nSPS) is 20.0. The second-order valence-corrected chi connectivity index (χ2v) is 6.67. The molecule has 8 heteroatoms. The molecule has 1 unspecified atom stereocenters. The Kier molecular flexibility index (Phi) is 5.72. The van der Waals surface area contributed by atoms with Crippen molar-refractivity contribution in [1.82, 2.24) is 4.90 Å². The van der Waals surface area contributed by atoms with Gasteiger partial charge in [0.1, 0.15) is 6.34 Å². The van der Waals surface area contributed by atoms with Crippen molar-refractivity contribution in [2.75, 3.05) is 27.9 Å². The lowest BCUT2D eigenvalue weighted by atomic mass is 10.4. The molecule has 0 amide bonds. The van der Waals surface area contributed by atoms with Gasteiger partial charge in [-0.3, -0.25) is 5.73 Å². The van der Waals surface area contributed by atoms with Gasteiger partial charge in [-0.05, 0) is 6.42 Å². The summed E-state index contributed by atoms with van der Waals surface area (Å²) in [6.07, 6.45) is 3.64. The minimum absolute atomic E-state index is 0.351. The molecular weight excluding hydrogens is 240 g/mol. The lowest BCUT2D eigenvalue weighted by molar-refractivity contribution is 0.122. The maximum atomic E-state index is 5.78. The molecule has 0 saturated carbocycles. The van der Waals surface area contributed by atoms with Crippen molar-refractivity contribution < 1.29 is 13.3 Å². The smallest absolute Gasteiger partial charge is 0.377 e. The van der Waals surface area contributed by atoms with Gasteiger partial charge in [0.05, 0.1) is 6.34 Å². The van der Waals surface area contributed by atoms with Gasteiger partial charge in [-0.25, -0.2) is 9.98 Å². The van der Waals surface area contributed by atoms with Crippen LogP contribution in [0.1, 0.15) is 6.42 Å². The number of hydrogen-bond donors (Lipinski definition) is 1. The zero-order chi connectivity index (χ0) is 12.7. The minimum atomic E-state index is -2.47. The van der Waals surface area contributed by atoms with Crippen LogP contribution in [0, 0.1) is 0 Å². The van der Waals surface area contributed by atoms with Crippen LogP contribution in [0.3, 0.4) is 0 Å². The van der Waals surface area contributed by atoms with Crippen molar-refractivity contribution in [3.05, 3.63) is 0 Å². The highest BCUT2D eigenvalue weighted by Gasteiger charge is 2.37. The van der Waals surface area contributed by atoms with Gasteiger partial charge < -0.3 is 18.2 Å². The average molecular weight is 260 g/mol. The standard InChI is InChI=1S/C9H20N4O3Si/c1-14-17(15-2,16-3)6-4-5-13-8-11-7-12-9(13)10/h7-9H,4-6,10H2,1-3H3. The summed E-state index contributed by atoms with van der Waals surface area (Å²) < 4.78 is 16.0. The summed E-state index contributed by atoms with van der Waals surface area (Å²) in [5, 5.41) is 0. The van der Waals surface area contributed by atoms with E-state index >= 15 is 0 Å². The van der Waals surface area contributed by atoms with E-state index in [0.29, 0.717) is 0 Å². The van der Waals surface area contributed by atoms with Crippen LogP contribution in [-0.2, 0) is 13.3 Å². The van der Waals surface area contributed by atoms with Crippen molar-refractivity contribution in [3.63, 3.8) is 0 Å². The highest BCUT2D eigenvalue weighted by Crippen LogP contribution is 2.15. The van der Waals surface area contributed by atoms with Gasteiger partial charge in [0.2, 0.25) is 0 Å². The Morgan fingerprint density at radius 1 is 1.29 bits per heavy atom. The Hall–Kier alpha value is -0.803. The molecule has 17 heavy (non-hydrogen) atoms. The molecule has 98 valence electrons. The fourth-order valence-corrected chi connectivity index (χ4v) is 3.30. The molecular formula is C9H20N4O3Si. The maximum Gasteiger partial charge on any atom is 0.500 e. The van der Waals surface area contributed by atoms with Crippen LogP contribution < -0.4 is 5.73 Å². The Labute approximate surface area is 103 Å². The summed E-state index contributed by atoms with van der Waals surface area (Å²) in [7, 11) is 2.35. The zero-order valence-electron chi connectivity index (χ0n) is 10.5. The number of hydrogen-bond acceptors (Lipinski definition) is 7. The monoisotopic (exact) mass is 260 g/mol. The maximum absolute atomic E-state index is 5.78. The molecule has 1 heterocycles. The molecule has 1 rings (SSSR count). The summed E-state index contributed by atoms with van der Waals surface area (Å²) >= 11 is 0. The Morgan fingerprint density at radius 3 is 2.47 bits per heavy atom. The van der Waals surface area contributed by atoms with Crippen LogP contribution in [0.15, 0.2) is 9.98 Å². The molecule has 1 aliphatic heterocycles. The first-order chi connectivity index (χ1) is 8.17. The molecule has 0 aromatic heterocycles. The van der Waals surface area contributed by atoms with Crippen molar-refractivity contribution in [2.45, 2.75) is 18.8 Å². The highest BCUT2D eigenvalue weighted by atomic mass is 28.4. The second-order valence-electron chi connectivity index (χ2n) is 3.58. The summed E-state index contributed by atoms with van der Waals surface area (Å²) in [5.74, 6) is 0. The molecule has 0 aromatic rings. The molecule has 7 nitrogen and oxygen atoms in total. The molecule has 1 atom stereocenters. The van der Waals surface area contributed by atoms with Gasteiger partial charge in [-0.1, -0.05) is 0 Å². The average Bonchev–Trinajstić information content (AvgIpc) is 2.37. The fraction of sp³-hybridized carbons (Fsp3) is 0.778. The summed E-state index contributed by atoms with van der Waals surface area (Å²) in [6, 6.07) is 0.733. The topological polar surface area (TPSA) is 81.7 Å². The van der Waals surface area contributed by atoms with Gasteiger partial charge in [0.25, 0.3) is 0 Å². The van der Waals surface area contributed by atoms with Crippen LogP contribution in [-0.4, -0.2) is 60.5 Å². The molecule has 0 aliphatic carbocycles. The Balaban J connectivity index is 2.36. The second kappa shape index (κ2) is 6.82. The summed E-state index contributed by atoms with van der Waals surface area (Å²) in [4.78, 5) is 9.78. The molecule has 1 aliphatic rings. The zero-order valence-corrected chi connectivity index (χ0v) is 11.5. The lowest BCUT2D eigenvalue weighted by Crippen LogP contribution is -2.45. The third-order valence-electron chi connectivity index (χ3n) is 2.67. The van der Waals surface area contributed by atoms with Crippen LogP contribution in [0.4, 0.5) is 0 Å². The number of rotatable bonds is 7. The van der Waals surface area contributed by atoms with E-state index in [-0.39, 0.29) is 6.29 Å². The van der Waals surface area contributed by atoms with Gasteiger partial charge >= 0.3 is 8.80 Å². The van der Waals surface area contributed by atoms with Crippen LogP contribution in [0.2, 0.25) is 6.04 Å². The van der Waals surface area contributed by atoms with E-state index in [2.05, 4.69) is 9.98 Å². The molecule has 0 radical (unpaired) electrons. The first-order valence-electron chi connectivity index (χ1n) is 5.39. The highest BCUT2D eigenvalue weighted by molar-refractivity contribution is 6.60. The van der Waals surface area contributed by atoms with Gasteiger partial charge in [-0.2, -0.15) is 0 Å². The van der Waals surface area contributed by atoms with Gasteiger partial charge in [0, 0.05) is 33.9 Å². The van der Waals surface area contributed by atoms with E-state index in [4.69, 9.17) is 19.0 Å². The van der Waals surface area contributed by atoms with E-state index in [9.17, 15) is 0 Å². The van der Waals surface area contributed by atoms with Crippen LogP contribution >= 0.6 is 0 Å². The first-order valence-corrected chi connectivity index (χ1v) is 7.32. The lowest BCUT2D eigenvalue weighted by Gasteiger charge is -2.28. The van der Waals surface area contributed by atoms with E-state index in [1.54, 1.807) is 27.7 Å². The van der Waals surface area contributed by atoms with E-state index in [0.717, 1.165) is 19.0 Å². The van der Waals surface area contributed by atoms with Crippen molar-refractivity contribution in [2.24, 2.45) is 15.7 Å². The molecule has 0 spiro atoms. The van der Waals surface area contributed by atoms with Gasteiger partial charge in [-0.15, -0.1) is 0 Å². The predicted octanol–water partition coefficient (Wildman–Crippen LogP) is -0.131. The summed E-state index contributed by atoms with van der Waals surface area (Å²) in [5.41, 5.74) is 5.78. The van der Waals surface area contributed by atoms with E-state index in [1.165, 1.54) is 6.34 Å². The van der Waals surface area contributed by atoms with Gasteiger partial charge in [0.15, 0.2) is 6.29 Å².